The van der Waals surface area contributed by atoms with E-state index in [2.05, 4.69) is 57.0 Å². The Morgan fingerprint density at radius 1 is 1.12 bits per heavy atom. The second kappa shape index (κ2) is 9.89. The molecule has 0 radical (unpaired) electrons. The molecule has 3 unspecified atom stereocenters. The van der Waals surface area contributed by atoms with E-state index in [1.54, 1.807) is 7.11 Å². The number of methoxy groups -OCH3 is 1. The Balaban J connectivity index is 1.23. The molecule has 4 fully saturated rings. The maximum Gasteiger partial charge on any atom is 0.254 e. The first kappa shape index (κ1) is 27.3. The summed E-state index contributed by atoms with van der Waals surface area (Å²) in [5.41, 5.74) is 4.46. The Hall–Kier alpha value is -3.24. The van der Waals surface area contributed by atoms with Gasteiger partial charge in [-0.3, -0.25) is 4.79 Å². The molecule has 1 amide bonds. The van der Waals surface area contributed by atoms with E-state index < -0.39 is 0 Å². The Labute approximate surface area is 254 Å². The molecule has 2 saturated heterocycles. The van der Waals surface area contributed by atoms with Crippen LogP contribution in [0.3, 0.4) is 0 Å². The van der Waals surface area contributed by atoms with Gasteiger partial charge < -0.3 is 28.8 Å². The maximum atomic E-state index is 13.8. The van der Waals surface area contributed by atoms with Gasteiger partial charge in [0.1, 0.15) is 40.5 Å². The second-order valence-corrected chi connectivity index (χ2v) is 14.3. The van der Waals surface area contributed by atoms with Gasteiger partial charge in [0, 0.05) is 54.9 Å². The zero-order valence-corrected chi connectivity index (χ0v) is 25.8. The number of hydrogen-bond acceptors (Lipinski definition) is 6. The highest BCUT2D eigenvalue weighted by molar-refractivity contribution is 6.58. The number of aromatic nitrogens is 4. The van der Waals surface area contributed by atoms with Gasteiger partial charge in [-0.2, -0.15) is 0 Å². The van der Waals surface area contributed by atoms with Crippen LogP contribution >= 0.6 is 0 Å². The topological polar surface area (TPSA) is 96.4 Å². The van der Waals surface area contributed by atoms with Gasteiger partial charge >= 0.3 is 0 Å². The predicted octanol–water partition coefficient (Wildman–Crippen LogP) is 0.962. The first-order valence-electron chi connectivity index (χ1n) is 15.9. The lowest BCUT2D eigenvalue weighted by Crippen LogP contribution is -2.44. The molecule has 5 heterocycles. The van der Waals surface area contributed by atoms with Crippen molar-refractivity contribution in [1.82, 2.24) is 29.3 Å². The van der Waals surface area contributed by atoms with Crippen molar-refractivity contribution in [1.29, 1.82) is 0 Å². The first-order chi connectivity index (χ1) is 20.7. The molecule has 2 aliphatic carbocycles. The van der Waals surface area contributed by atoms with Crippen molar-refractivity contribution >= 4 is 51.5 Å². The number of benzene rings is 1. The van der Waals surface area contributed by atoms with Crippen LogP contribution in [0, 0.1) is 11.8 Å². The van der Waals surface area contributed by atoms with Gasteiger partial charge in [0.15, 0.2) is 5.82 Å². The smallest absolute Gasteiger partial charge is 0.254 e. The molecular weight excluding hydrogens is 537 g/mol. The summed E-state index contributed by atoms with van der Waals surface area (Å²) in [6.07, 6.45) is 6.71. The number of pyridine rings is 1. The van der Waals surface area contributed by atoms with Crippen LogP contribution in [0.25, 0.3) is 33.6 Å². The summed E-state index contributed by atoms with van der Waals surface area (Å²) >= 11 is 0. The Morgan fingerprint density at radius 2 is 1.91 bits per heavy atom. The van der Waals surface area contributed by atoms with E-state index in [1.807, 2.05) is 29.3 Å². The molecule has 4 aliphatic rings. The van der Waals surface area contributed by atoms with E-state index in [-0.39, 0.29) is 23.4 Å². The summed E-state index contributed by atoms with van der Waals surface area (Å²) in [4.78, 5) is 25.8. The average Bonchev–Trinajstić information content (AvgIpc) is 3.84. The first-order valence-corrected chi connectivity index (χ1v) is 15.9. The van der Waals surface area contributed by atoms with Crippen molar-refractivity contribution in [3.05, 3.63) is 42.1 Å². The van der Waals surface area contributed by atoms with E-state index in [9.17, 15) is 4.79 Å². The van der Waals surface area contributed by atoms with E-state index >= 15 is 0 Å². The summed E-state index contributed by atoms with van der Waals surface area (Å²) in [7, 11) is 8.07. The fraction of sp³-hybridized carbons (Fsp3) is 0.516. The van der Waals surface area contributed by atoms with Crippen molar-refractivity contribution in [3.8, 4) is 17.3 Å². The van der Waals surface area contributed by atoms with E-state index in [0.717, 1.165) is 66.1 Å². The molecule has 1 aromatic carbocycles. The summed E-state index contributed by atoms with van der Waals surface area (Å²) < 4.78 is 17.0. The monoisotopic (exact) mass is 576 g/mol. The lowest BCUT2D eigenvalue weighted by atomic mass is 9.52. The van der Waals surface area contributed by atoms with E-state index in [0.29, 0.717) is 35.2 Å². The highest BCUT2D eigenvalue weighted by atomic mass is 16.5. The maximum absolute atomic E-state index is 13.8. The highest BCUT2D eigenvalue weighted by Gasteiger charge is 2.51. The minimum atomic E-state index is -0.144. The third kappa shape index (κ3) is 4.87. The van der Waals surface area contributed by atoms with Crippen LogP contribution in [0.1, 0.15) is 43.0 Å². The number of nitrogens with one attached hydrogen (secondary N) is 1. The number of carbonyl (C=O) groups excluding carboxylic acids is 1. The molecule has 2 saturated carbocycles. The molecule has 3 atom stereocenters. The van der Waals surface area contributed by atoms with Crippen molar-refractivity contribution in [2.75, 3.05) is 13.7 Å². The van der Waals surface area contributed by atoms with Gasteiger partial charge in [-0.05, 0) is 80.1 Å². The number of rotatable bonds is 9. The molecule has 2 aliphatic heterocycles. The van der Waals surface area contributed by atoms with Gasteiger partial charge in [0.05, 0.1) is 24.4 Å². The van der Waals surface area contributed by atoms with Crippen molar-refractivity contribution in [2.45, 2.75) is 75.2 Å². The van der Waals surface area contributed by atoms with Gasteiger partial charge in [-0.25, -0.2) is 9.97 Å². The number of imidazole rings is 1. The fourth-order valence-corrected chi connectivity index (χ4v) is 7.42. The van der Waals surface area contributed by atoms with Crippen molar-refractivity contribution in [2.24, 2.45) is 11.8 Å². The zero-order valence-electron chi connectivity index (χ0n) is 25.8. The fourth-order valence-electron chi connectivity index (χ4n) is 7.42. The van der Waals surface area contributed by atoms with Crippen LogP contribution in [-0.2, 0) is 17.8 Å². The number of likely N-dealkylation sites (tertiary alicyclic amines) is 1. The average molecular weight is 576 g/mol. The normalized spacial score (nSPS) is 26.6. The minimum Gasteiger partial charge on any atom is -0.494 e. The molecule has 0 spiro atoms. The number of hydrogen-bond donors (Lipinski definition) is 1. The SMILES string of the molecule is BC(B)(B)OC1CC(Cn2c(-c3cc4cccnc4n3CC3CC3)nc3cc(C(=O)N4CC5NC5C4C)cc(OC)c32)C1. The third-order valence-corrected chi connectivity index (χ3v) is 9.85. The Kier molecular flexibility index (Phi) is 6.28. The second-order valence-electron chi connectivity index (χ2n) is 14.3. The standard InChI is InChI=1S/C31H39B3N6O3/c1-16-26-23(36-26)15-38(16)30(41)20-10-22-27(25(12-20)42-2)40(14-18-8-21(9-18)43-31(32,33)34)29(37-22)24-11-19-4-3-7-35-28(19)39(24)13-17-5-6-17/h3-4,7,10-12,16-18,21,23,26,36H,5-6,8-9,13-15,32-34H2,1-2H3. The lowest BCUT2D eigenvalue weighted by Gasteiger charge is -2.40. The molecule has 0 bridgehead atoms. The van der Waals surface area contributed by atoms with Gasteiger partial charge in [0.25, 0.3) is 5.91 Å². The Bertz CT molecular complexity index is 1740. The van der Waals surface area contributed by atoms with Crippen LogP contribution in [0.5, 0.6) is 5.75 Å². The molecule has 4 aromatic rings. The van der Waals surface area contributed by atoms with Crippen LogP contribution in [0.2, 0.25) is 0 Å². The summed E-state index contributed by atoms with van der Waals surface area (Å²) in [5.74, 6) is 2.80. The number of ether oxygens (including phenoxy) is 2. The Morgan fingerprint density at radius 3 is 2.60 bits per heavy atom. The van der Waals surface area contributed by atoms with Crippen LogP contribution in [0.4, 0.5) is 0 Å². The van der Waals surface area contributed by atoms with Gasteiger partial charge in [-0.15, -0.1) is 0 Å². The van der Waals surface area contributed by atoms with E-state index in [4.69, 9.17) is 19.4 Å². The molecule has 12 heteroatoms. The van der Waals surface area contributed by atoms with Crippen molar-refractivity contribution in [3.63, 3.8) is 0 Å². The van der Waals surface area contributed by atoms with Gasteiger partial charge in [0.2, 0.25) is 0 Å². The number of fused-ring (bicyclic) bond motifs is 3. The molecule has 1 N–H and O–H groups in total. The molecule has 220 valence electrons. The van der Waals surface area contributed by atoms with E-state index in [1.165, 1.54) is 12.8 Å². The third-order valence-electron chi connectivity index (χ3n) is 9.85. The predicted molar refractivity (Wildman–Crippen MR) is 175 cm³/mol. The zero-order chi connectivity index (χ0) is 29.6. The number of piperazine rings is 1. The summed E-state index contributed by atoms with van der Waals surface area (Å²) in [6.45, 7) is 4.63. The minimum absolute atomic E-state index is 0.0472. The van der Waals surface area contributed by atoms with Crippen LogP contribution in [0.15, 0.2) is 36.5 Å². The highest BCUT2D eigenvalue weighted by Crippen LogP contribution is 2.41. The molecule has 9 nitrogen and oxygen atoms in total. The molecule has 3 aromatic heterocycles. The molecular formula is C31H39B3N6O3. The summed E-state index contributed by atoms with van der Waals surface area (Å²) in [6, 6.07) is 11.3. The molecule has 8 rings (SSSR count). The number of carbonyl (C=O) groups is 1. The molecule has 43 heavy (non-hydrogen) atoms. The van der Waals surface area contributed by atoms with Crippen LogP contribution in [-0.4, -0.2) is 96.6 Å². The lowest BCUT2D eigenvalue weighted by molar-refractivity contribution is -0.0398. The van der Waals surface area contributed by atoms with Gasteiger partial charge in [-0.1, -0.05) is 0 Å². The summed E-state index contributed by atoms with van der Waals surface area (Å²) in [5, 5.41) is 4.44. The van der Waals surface area contributed by atoms with Crippen LogP contribution < -0.4 is 10.1 Å². The largest absolute Gasteiger partial charge is 0.494 e. The quantitative estimate of drug-likeness (QED) is 0.236. The number of nitrogens with zero attached hydrogens (tertiary/aromatic N) is 5. The van der Waals surface area contributed by atoms with Crippen molar-refractivity contribution < 1.29 is 14.3 Å². The number of amides is 1.